The van der Waals surface area contributed by atoms with Gasteiger partial charge in [0.2, 0.25) is 11.9 Å². The van der Waals surface area contributed by atoms with Crippen LogP contribution in [-0.2, 0) is 4.79 Å². The number of carbonyl (C=O) groups excluding carboxylic acids is 1. The smallest absolute Gasteiger partial charge is 0.241 e. The summed E-state index contributed by atoms with van der Waals surface area (Å²) in [5.41, 5.74) is 8.86. The van der Waals surface area contributed by atoms with Gasteiger partial charge in [-0.15, -0.1) is 0 Å². The van der Waals surface area contributed by atoms with Gasteiger partial charge in [0.05, 0.1) is 0 Å². The first-order valence-electron chi connectivity index (χ1n) is 10.6. The third-order valence-corrected chi connectivity index (χ3v) is 7.16. The van der Waals surface area contributed by atoms with Gasteiger partial charge >= 0.3 is 0 Å². The van der Waals surface area contributed by atoms with Gasteiger partial charge in [0.1, 0.15) is 6.04 Å². The number of rotatable bonds is 3. The molecule has 0 spiro atoms. The van der Waals surface area contributed by atoms with Crippen LogP contribution in [0, 0.1) is 16.0 Å². The molecule has 3 heterocycles. The van der Waals surface area contributed by atoms with Crippen LogP contribution in [0.25, 0.3) is 10.9 Å². The van der Waals surface area contributed by atoms with Crippen LogP contribution in [0.4, 0.5) is 0 Å². The van der Waals surface area contributed by atoms with Crippen molar-refractivity contribution in [2.45, 2.75) is 56.1 Å². The lowest BCUT2D eigenvalue weighted by atomic mass is 9.78. The Kier molecular flexibility index (Phi) is 4.75. The van der Waals surface area contributed by atoms with Crippen molar-refractivity contribution in [2.24, 2.45) is 5.92 Å². The molecule has 1 amide bonds. The number of para-hydroxylation sites is 1. The average molecular weight is 397 g/mol. The third-order valence-electron chi connectivity index (χ3n) is 7.16. The number of nitrogens with one attached hydrogen (secondary N) is 3. The molecule has 1 aliphatic carbocycles. The number of nitrogens with zero attached hydrogens (tertiary/aromatic N) is 2. The van der Waals surface area contributed by atoms with E-state index < -0.39 is 6.04 Å². The Morgan fingerprint density at radius 3 is 2.69 bits per heavy atom. The molecule has 8 nitrogen and oxygen atoms in total. The summed E-state index contributed by atoms with van der Waals surface area (Å²) in [4.78, 5) is 29.5. The molecule has 0 bridgehead atoms. The first kappa shape index (κ1) is 18.6. The zero-order chi connectivity index (χ0) is 20.0. The molecule has 1 saturated carbocycles. The number of hydrogen-bond acceptors (Lipinski definition) is 5. The molecular formula is C21H27N5O3. The van der Waals surface area contributed by atoms with Gasteiger partial charge in [-0.3, -0.25) is 20.3 Å². The van der Waals surface area contributed by atoms with Gasteiger partial charge in [-0.05, 0) is 36.8 Å². The lowest BCUT2D eigenvalue weighted by Crippen LogP contribution is -2.50. The van der Waals surface area contributed by atoms with Crippen molar-refractivity contribution in [3.05, 3.63) is 46.1 Å². The summed E-state index contributed by atoms with van der Waals surface area (Å²) in [6, 6.07) is 7.62. The van der Waals surface area contributed by atoms with E-state index in [1.165, 1.54) is 10.9 Å². The summed E-state index contributed by atoms with van der Waals surface area (Å²) in [6.07, 6.45) is 5.80. The Morgan fingerprint density at radius 1 is 1.10 bits per heavy atom. The van der Waals surface area contributed by atoms with Crippen molar-refractivity contribution >= 4 is 16.8 Å². The number of benzene rings is 1. The number of nitro groups is 1. The number of aromatic amines is 1. The second-order valence-corrected chi connectivity index (χ2v) is 8.68. The molecule has 0 radical (unpaired) electrons. The number of likely N-dealkylation sites (tertiary alicyclic amines) is 1. The van der Waals surface area contributed by atoms with Crippen molar-refractivity contribution in [3.63, 3.8) is 0 Å². The van der Waals surface area contributed by atoms with Crippen molar-refractivity contribution in [1.82, 2.24) is 20.7 Å². The standard InChI is InChI=1S/C21H27N5O3/c27-21(20-16-11-14(26(28)29)5-6-19(16)23-24-20)25-9-7-13(8-10-25)17-12-22-18-4-2-1-3-15(17)18/h1-4,12-14,16,19-20,22-24H,5-11H2. The van der Waals surface area contributed by atoms with E-state index in [-0.39, 0.29) is 28.8 Å². The summed E-state index contributed by atoms with van der Waals surface area (Å²) in [5.74, 6) is 0.538. The van der Waals surface area contributed by atoms with Crippen molar-refractivity contribution in [2.75, 3.05) is 13.1 Å². The molecule has 4 atom stereocenters. The minimum absolute atomic E-state index is 0.00186. The monoisotopic (exact) mass is 397 g/mol. The Morgan fingerprint density at radius 2 is 1.90 bits per heavy atom. The summed E-state index contributed by atoms with van der Waals surface area (Å²) in [5, 5.41) is 12.5. The van der Waals surface area contributed by atoms with E-state index in [0.29, 0.717) is 18.8 Å². The molecule has 154 valence electrons. The van der Waals surface area contributed by atoms with E-state index in [1.54, 1.807) is 0 Å². The highest BCUT2D eigenvalue weighted by atomic mass is 16.6. The molecule has 3 aliphatic rings. The molecule has 2 aliphatic heterocycles. The topological polar surface area (TPSA) is 103 Å². The summed E-state index contributed by atoms with van der Waals surface area (Å²) in [6.45, 7) is 1.47. The molecule has 3 fully saturated rings. The molecule has 2 saturated heterocycles. The van der Waals surface area contributed by atoms with Gasteiger partial charge in [-0.1, -0.05) is 18.2 Å². The predicted molar refractivity (Wildman–Crippen MR) is 109 cm³/mol. The number of hydrogen-bond donors (Lipinski definition) is 3. The highest BCUT2D eigenvalue weighted by Gasteiger charge is 2.47. The van der Waals surface area contributed by atoms with Gasteiger partial charge in [0.25, 0.3) is 0 Å². The SMILES string of the molecule is O=C(C1NNC2CCC([N+](=O)[O-])CC21)N1CCC(c2c[nH]c3ccccc23)CC1. The number of hydrazine groups is 1. The molecule has 8 heteroatoms. The van der Waals surface area contributed by atoms with Crippen LogP contribution >= 0.6 is 0 Å². The first-order valence-corrected chi connectivity index (χ1v) is 10.6. The molecule has 5 rings (SSSR count). The Balaban J connectivity index is 1.24. The van der Waals surface area contributed by atoms with E-state index in [9.17, 15) is 14.9 Å². The van der Waals surface area contributed by atoms with Gasteiger partial charge in [-0.25, -0.2) is 5.43 Å². The van der Waals surface area contributed by atoms with Crippen LogP contribution in [-0.4, -0.2) is 51.9 Å². The summed E-state index contributed by atoms with van der Waals surface area (Å²) in [7, 11) is 0. The van der Waals surface area contributed by atoms with Gasteiger partial charge < -0.3 is 9.88 Å². The van der Waals surface area contributed by atoms with Crippen LogP contribution < -0.4 is 10.9 Å². The fourth-order valence-electron chi connectivity index (χ4n) is 5.51. The summed E-state index contributed by atoms with van der Waals surface area (Å²) < 4.78 is 0. The number of amides is 1. The van der Waals surface area contributed by atoms with E-state index in [0.717, 1.165) is 37.9 Å². The van der Waals surface area contributed by atoms with Gasteiger partial charge in [0.15, 0.2) is 0 Å². The van der Waals surface area contributed by atoms with Crippen molar-refractivity contribution < 1.29 is 9.72 Å². The highest BCUT2D eigenvalue weighted by molar-refractivity contribution is 5.84. The van der Waals surface area contributed by atoms with E-state index in [4.69, 9.17) is 0 Å². The third kappa shape index (κ3) is 3.30. The van der Waals surface area contributed by atoms with Crippen molar-refractivity contribution in [1.29, 1.82) is 0 Å². The van der Waals surface area contributed by atoms with Crippen molar-refractivity contribution in [3.8, 4) is 0 Å². The van der Waals surface area contributed by atoms with Gasteiger partial charge in [-0.2, -0.15) is 0 Å². The Bertz CT molecular complexity index is 920. The number of aromatic nitrogens is 1. The first-order chi connectivity index (χ1) is 14.1. The van der Waals surface area contributed by atoms with Gasteiger partial charge in [0, 0.05) is 59.9 Å². The normalized spacial score (nSPS) is 30.4. The van der Waals surface area contributed by atoms with Crippen LogP contribution in [0.1, 0.15) is 43.6 Å². The number of fused-ring (bicyclic) bond motifs is 2. The molecular weight excluding hydrogens is 370 g/mol. The maximum absolute atomic E-state index is 13.2. The number of carbonyl (C=O) groups is 1. The Hall–Kier alpha value is -2.45. The number of H-pyrrole nitrogens is 1. The zero-order valence-electron chi connectivity index (χ0n) is 16.3. The predicted octanol–water partition coefficient (Wildman–Crippen LogP) is 2.16. The lowest BCUT2D eigenvalue weighted by Gasteiger charge is -2.35. The molecule has 1 aromatic carbocycles. The van der Waals surface area contributed by atoms with E-state index >= 15 is 0 Å². The van der Waals surface area contributed by atoms with E-state index in [2.05, 4.69) is 40.2 Å². The largest absolute Gasteiger partial charge is 0.361 e. The second kappa shape index (κ2) is 7.42. The molecule has 1 aromatic heterocycles. The van der Waals surface area contributed by atoms with Crippen LogP contribution in [0.2, 0.25) is 0 Å². The average Bonchev–Trinajstić information content (AvgIpc) is 3.37. The highest BCUT2D eigenvalue weighted by Crippen LogP contribution is 2.35. The molecule has 2 aromatic rings. The summed E-state index contributed by atoms with van der Waals surface area (Å²) >= 11 is 0. The van der Waals surface area contributed by atoms with Crippen LogP contribution in [0.3, 0.4) is 0 Å². The lowest BCUT2D eigenvalue weighted by molar-refractivity contribution is -0.528. The molecule has 3 N–H and O–H groups in total. The van der Waals surface area contributed by atoms with Crippen LogP contribution in [0.15, 0.2) is 30.5 Å². The molecule has 29 heavy (non-hydrogen) atoms. The number of piperidine rings is 1. The maximum Gasteiger partial charge on any atom is 0.241 e. The Labute approximate surface area is 169 Å². The zero-order valence-corrected chi connectivity index (χ0v) is 16.3. The minimum Gasteiger partial charge on any atom is -0.361 e. The molecule has 4 unspecified atom stereocenters. The van der Waals surface area contributed by atoms with E-state index in [1.807, 2.05) is 11.0 Å². The second-order valence-electron chi connectivity index (χ2n) is 8.68. The fraction of sp³-hybridized carbons (Fsp3) is 0.571. The minimum atomic E-state index is -0.527. The maximum atomic E-state index is 13.2. The fourth-order valence-corrected chi connectivity index (χ4v) is 5.51. The van der Waals surface area contributed by atoms with Crippen LogP contribution in [0.5, 0.6) is 0 Å². The quantitative estimate of drug-likeness (QED) is 0.544.